The molecule has 0 fully saturated rings. The molecule has 4 N–H and O–H groups in total. The Morgan fingerprint density at radius 1 is 1.35 bits per heavy atom. The van der Waals surface area contributed by atoms with E-state index in [0.717, 1.165) is 18.5 Å². The number of aliphatic hydroxyl groups excluding tert-OH is 1. The highest BCUT2D eigenvalue weighted by atomic mass is 16.3. The first-order chi connectivity index (χ1) is 9.65. The Kier molecular flexibility index (Phi) is 4.73. The summed E-state index contributed by atoms with van der Waals surface area (Å²) < 4.78 is 0. The summed E-state index contributed by atoms with van der Waals surface area (Å²) in [5.41, 5.74) is 1.37. The Morgan fingerprint density at radius 2 is 2.15 bits per heavy atom. The molecule has 2 aromatic rings. The molecule has 1 atom stereocenters. The molecule has 110 valence electrons. The first kappa shape index (κ1) is 14.5. The molecule has 7 heteroatoms. The number of fused-ring (bicyclic) bond motifs is 1. The number of rotatable bonds is 7. The summed E-state index contributed by atoms with van der Waals surface area (Å²) in [6.45, 7) is 7.04. The van der Waals surface area contributed by atoms with E-state index in [2.05, 4.69) is 51.3 Å². The van der Waals surface area contributed by atoms with Gasteiger partial charge in [0.2, 0.25) is 5.95 Å². The van der Waals surface area contributed by atoms with Crippen LogP contribution in [0.2, 0.25) is 0 Å². The van der Waals surface area contributed by atoms with Gasteiger partial charge in [0.1, 0.15) is 5.52 Å². The van der Waals surface area contributed by atoms with Crippen molar-refractivity contribution in [3.63, 3.8) is 0 Å². The maximum atomic E-state index is 9.44. The monoisotopic (exact) mass is 278 g/mol. The van der Waals surface area contributed by atoms with Gasteiger partial charge in [0.25, 0.3) is 0 Å². The molecule has 0 aliphatic heterocycles. The first-order valence-electron chi connectivity index (χ1n) is 6.98. The lowest BCUT2D eigenvalue weighted by Gasteiger charge is -2.21. The molecule has 0 saturated heterocycles. The van der Waals surface area contributed by atoms with Crippen LogP contribution in [0.1, 0.15) is 27.2 Å². The Morgan fingerprint density at radius 3 is 2.80 bits per heavy atom. The summed E-state index contributed by atoms with van der Waals surface area (Å²) >= 11 is 0. The summed E-state index contributed by atoms with van der Waals surface area (Å²) in [5.74, 6) is 1.51. The number of imidazole rings is 1. The average Bonchev–Trinajstić information content (AvgIpc) is 2.90. The lowest BCUT2D eigenvalue weighted by molar-refractivity contribution is 0.249. The predicted molar refractivity (Wildman–Crippen MR) is 79.8 cm³/mol. The fourth-order valence-electron chi connectivity index (χ4n) is 1.85. The summed E-state index contributed by atoms with van der Waals surface area (Å²) in [4.78, 5) is 16.0. The SMILES string of the molecule is CCCNc1nc(N[C@H](CO)C(C)C)c2[nH]cnc2n1. The number of aromatic nitrogens is 4. The van der Waals surface area contributed by atoms with Gasteiger partial charge < -0.3 is 20.7 Å². The van der Waals surface area contributed by atoms with Crippen molar-refractivity contribution in [3.05, 3.63) is 6.33 Å². The quantitative estimate of drug-likeness (QED) is 0.614. The van der Waals surface area contributed by atoms with Crippen LogP contribution >= 0.6 is 0 Å². The van der Waals surface area contributed by atoms with Crippen LogP contribution in [0, 0.1) is 5.92 Å². The van der Waals surface area contributed by atoms with Crippen molar-refractivity contribution in [3.8, 4) is 0 Å². The van der Waals surface area contributed by atoms with Gasteiger partial charge in [0, 0.05) is 6.54 Å². The van der Waals surface area contributed by atoms with Gasteiger partial charge in [-0.25, -0.2) is 4.98 Å². The number of nitrogens with one attached hydrogen (secondary N) is 3. The third kappa shape index (κ3) is 3.16. The predicted octanol–water partition coefficient (Wildman–Crippen LogP) is 1.60. The van der Waals surface area contributed by atoms with E-state index >= 15 is 0 Å². The van der Waals surface area contributed by atoms with Crippen LogP contribution in [0.3, 0.4) is 0 Å². The molecule has 0 aliphatic rings. The smallest absolute Gasteiger partial charge is 0.226 e. The van der Waals surface area contributed by atoms with Crippen molar-refractivity contribution in [1.29, 1.82) is 0 Å². The van der Waals surface area contributed by atoms with Crippen molar-refractivity contribution in [2.45, 2.75) is 33.2 Å². The van der Waals surface area contributed by atoms with E-state index in [4.69, 9.17) is 0 Å². The third-order valence-corrected chi connectivity index (χ3v) is 3.14. The molecule has 2 rings (SSSR count). The van der Waals surface area contributed by atoms with Crippen molar-refractivity contribution in [2.24, 2.45) is 5.92 Å². The molecule has 7 nitrogen and oxygen atoms in total. The van der Waals surface area contributed by atoms with E-state index in [1.54, 1.807) is 6.33 Å². The molecule has 0 aliphatic carbocycles. The van der Waals surface area contributed by atoms with E-state index in [-0.39, 0.29) is 12.6 Å². The van der Waals surface area contributed by atoms with E-state index < -0.39 is 0 Å². The second-order valence-corrected chi connectivity index (χ2v) is 5.10. The number of nitrogens with zero attached hydrogens (tertiary/aromatic N) is 3. The van der Waals surface area contributed by atoms with E-state index in [1.807, 2.05) is 0 Å². The molecule has 2 aromatic heterocycles. The van der Waals surface area contributed by atoms with Crippen molar-refractivity contribution >= 4 is 22.9 Å². The molecule has 0 radical (unpaired) electrons. The van der Waals surface area contributed by atoms with Crippen LogP contribution in [0.25, 0.3) is 11.2 Å². The highest BCUT2D eigenvalue weighted by molar-refractivity contribution is 5.83. The normalized spacial score (nSPS) is 12.8. The molecule has 0 bridgehead atoms. The summed E-state index contributed by atoms with van der Waals surface area (Å²) in [6.07, 6.45) is 2.59. The molecule has 0 amide bonds. The number of aliphatic hydroxyl groups is 1. The number of hydrogen-bond donors (Lipinski definition) is 4. The number of H-pyrrole nitrogens is 1. The second-order valence-electron chi connectivity index (χ2n) is 5.10. The van der Waals surface area contributed by atoms with E-state index in [9.17, 15) is 5.11 Å². The van der Waals surface area contributed by atoms with E-state index in [0.29, 0.717) is 23.3 Å². The number of anilines is 2. The van der Waals surface area contributed by atoms with Crippen LogP contribution in [0.5, 0.6) is 0 Å². The summed E-state index contributed by atoms with van der Waals surface area (Å²) in [7, 11) is 0. The summed E-state index contributed by atoms with van der Waals surface area (Å²) in [6, 6.07) is -0.0598. The molecule has 2 heterocycles. The fourth-order valence-corrected chi connectivity index (χ4v) is 1.85. The molecule has 0 spiro atoms. The molecule has 20 heavy (non-hydrogen) atoms. The van der Waals surface area contributed by atoms with Crippen molar-refractivity contribution < 1.29 is 5.11 Å². The maximum Gasteiger partial charge on any atom is 0.226 e. The van der Waals surface area contributed by atoms with Gasteiger partial charge in [-0.1, -0.05) is 20.8 Å². The lowest BCUT2D eigenvalue weighted by Crippen LogP contribution is -2.30. The van der Waals surface area contributed by atoms with Crippen LogP contribution in [0.4, 0.5) is 11.8 Å². The molecular weight excluding hydrogens is 256 g/mol. The van der Waals surface area contributed by atoms with Gasteiger partial charge in [-0.3, -0.25) is 0 Å². The average molecular weight is 278 g/mol. The highest BCUT2D eigenvalue weighted by Gasteiger charge is 2.16. The maximum absolute atomic E-state index is 9.44. The zero-order chi connectivity index (χ0) is 14.5. The minimum Gasteiger partial charge on any atom is -0.394 e. The highest BCUT2D eigenvalue weighted by Crippen LogP contribution is 2.20. The zero-order valence-corrected chi connectivity index (χ0v) is 12.1. The van der Waals surface area contributed by atoms with Crippen molar-refractivity contribution in [2.75, 3.05) is 23.8 Å². The standard InChI is InChI=1S/C13H22N6O/c1-4-5-14-13-18-11-10(15-7-16-11)12(19-13)17-9(6-20)8(2)3/h7-9,20H,4-6H2,1-3H3,(H3,14,15,16,17,18,19)/t9-/m1/s1. The Bertz CT molecular complexity index is 553. The van der Waals surface area contributed by atoms with Gasteiger partial charge in [0.15, 0.2) is 11.5 Å². The van der Waals surface area contributed by atoms with Crippen LogP contribution < -0.4 is 10.6 Å². The van der Waals surface area contributed by atoms with Gasteiger partial charge in [-0.05, 0) is 12.3 Å². The Labute approximate surface area is 118 Å². The van der Waals surface area contributed by atoms with Gasteiger partial charge in [-0.15, -0.1) is 0 Å². The first-order valence-corrected chi connectivity index (χ1v) is 6.98. The number of hydrogen-bond acceptors (Lipinski definition) is 6. The Balaban J connectivity index is 2.31. The van der Waals surface area contributed by atoms with Gasteiger partial charge in [-0.2, -0.15) is 9.97 Å². The van der Waals surface area contributed by atoms with E-state index in [1.165, 1.54) is 0 Å². The minimum atomic E-state index is -0.0598. The number of aromatic amines is 1. The van der Waals surface area contributed by atoms with Crippen molar-refractivity contribution in [1.82, 2.24) is 19.9 Å². The molecule has 0 unspecified atom stereocenters. The third-order valence-electron chi connectivity index (χ3n) is 3.14. The minimum absolute atomic E-state index is 0.0506. The Hall–Kier alpha value is -1.89. The molecule has 0 saturated carbocycles. The fraction of sp³-hybridized carbons (Fsp3) is 0.615. The zero-order valence-electron chi connectivity index (χ0n) is 12.1. The van der Waals surface area contributed by atoms with Gasteiger partial charge >= 0.3 is 0 Å². The molecular formula is C13H22N6O. The molecule has 0 aromatic carbocycles. The topological polar surface area (TPSA) is 98.8 Å². The van der Waals surface area contributed by atoms with Crippen LogP contribution in [0.15, 0.2) is 6.33 Å². The van der Waals surface area contributed by atoms with Crippen LogP contribution in [-0.2, 0) is 0 Å². The lowest BCUT2D eigenvalue weighted by atomic mass is 10.1. The second kappa shape index (κ2) is 6.51. The van der Waals surface area contributed by atoms with Crippen LogP contribution in [-0.4, -0.2) is 44.2 Å². The summed E-state index contributed by atoms with van der Waals surface area (Å²) in [5, 5.41) is 15.9. The van der Waals surface area contributed by atoms with Gasteiger partial charge in [0.05, 0.1) is 19.0 Å². The largest absolute Gasteiger partial charge is 0.394 e.